The average molecular weight is 419 g/mol. The Morgan fingerprint density at radius 2 is 1.87 bits per heavy atom. The van der Waals surface area contributed by atoms with Crippen LogP contribution in [0.1, 0.15) is 5.56 Å². The number of halogens is 1. The molecule has 0 saturated carbocycles. The van der Waals surface area contributed by atoms with Crippen LogP contribution in [-0.4, -0.2) is 60.2 Å². The number of methoxy groups -OCH3 is 1. The summed E-state index contributed by atoms with van der Waals surface area (Å²) in [5.41, 5.74) is 2.12. The molecule has 2 aromatic heterocycles. The molecule has 3 aromatic rings. The Labute approximate surface area is 179 Å². The second-order valence-electron chi connectivity index (χ2n) is 7.24. The van der Waals surface area contributed by atoms with Gasteiger partial charge in [-0.15, -0.1) is 0 Å². The summed E-state index contributed by atoms with van der Waals surface area (Å²) in [7, 11) is 3.72. The lowest BCUT2D eigenvalue weighted by Crippen LogP contribution is -2.44. The summed E-state index contributed by atoms with van der Waals surface area (Å²) in [6, 6.07) is 11.7. The van der Waals surface area contributed by atoms with Gasteiger partial charge in [0.1, 0.15) is 35.5 Å². The van der Waals surface area contributed by atoms with E-state index in [1.54, 1.807) is 19.2 Å². The van der Waals surface area contributed by atoms with Gasteiger partial charge in [0.05, 0.1) is 18.4 Å². The van der Waals surface area contributed by atoms with Gasteiger partial charge in [-0.3, -0.25) is 0 Å². The van der Waals surface area contributed by atoms with Crippen LogP contribution < -0.4 is 15.0 Å². The van der Waals surface area contributed by atoms with E-state index in [1.807, 2.05) is 18.2 Å². The molecule has 0 atom stereocenters. The van der Waals surface area contributed by atoms with Gasteiger partial charge in [0.2, 0.25) is 5.88 Å². The molecule has 158 valence electrons. The van der Waals surface area contributed by atoms with Crippen molar-refractivity contribution in [1.82, 2.24) is 19.9 Å². The van der Waals surface area contributed by atoms with Crippen molar-refractivity contribution >= 4 is 17.3 Å². The van der Waals surface area contributed by atoms with Crippen molar-refractivity contribution in [2.75, 3.05) is 50.6 Å². The van der Waals surface area contributed by atoms with E-state index in [-0.39, 0.29) is 5.56 Å². The molecular weight excluding hydrogens is 397 g/mol. The molecule has 0 unspecified atom stereocenters. The molecule has 0 spiro atoms. The molecule has 8 nitrogen and oxygen atoms in total. The minimum absolute atomic E-state index is 0.0310. The molecule has 1 aliphatic heterocycles. The van der Waals surface area contributed by atoms with E-state index in [1.165, 1.54) is 18.5 Å². The number of piperazine rings is 1. The van der Waals surface area contributed by atoms with Crippen molar-refractivity contribution in [3.8, 4) is 23.2 Å². The van der Waals surface area contributed by atoms with Crippen LogP contribution in [0.5, 0.6) is 5.88 Å². The molecule has 1 fully saturated rings. The molecule has 1 N–H and O–H groups in total. The van der Waals surface area contributed by atoms with Gasteiger partial charge in [0.25, 0.3) is 0 Å². The minimum atomic E-state index is -0.560. The van der Waals surface area contributed by atoms with Crippen molar-refractivity contribution in [2.45, 2.75) is 0 Å². The quantitative estimate of drug-likeness (QED) is 0.675. The van der Waals surface area contributed by atoms with Crippen LogP contribution in [0.4, 0.5) is 21.7 Å². The summed E-state index contributed by atoms with van der Waals surface area (Å²) in [4.78, 5) is 17.6. The molecule has 0 amide bonds. The monoisotopic (exact) mass is 419 g/mol. The Morgan fingerprint density at radius 1 is 1.06 bits per heavy atom. The molecular formula is C22H22FN7O. The summed E-state index contributed by atoms with van der Waals surface area (Å²) < 4.78 is 19.1. The van der Waals surface area contributed by atoms with Gasteiger partial charge in [0, 0.05) is 37.8 Å². The second-order valence-corrected chi connectivity index (χ2v) is 7.24. The van der Waals surface area contributed by atoms with E-state index in [2.05, 4.69) is 37.1 Å². The van der Waals surface area contributed by atoms with Crippen molar-refractivity contribution < 1.29 is 9.13 Å². The van der Waals surface area contributed by atoms with E-state index in [9.17, 15) is 4.39 Å². The van der Waals surface area contributed by atoms with Gasteiger partial charge in [-0.1, -0.05) is 0 Å². The first-order valence-corrected chi connectivity index (χ1v) is 9.85. The Morgan fingerprint density at radius 3 is 2.61 bits per heavy atom. The number of hydrogen-bond acceptors (Lipinski definition) is 8. The smallest absolute Gasteiger partial charge is 0.239 e. The number of anilines is 3. The van der Waals surface area contributed by atoms with Crippen LogP contribution in [0.15, 0.2) is 42.7 Å². The Hall–Kier alpha value is -3.77. The zero-order chi connectivity index (χ0) is 21.8. The van der Waals surface area contributed by atoms with Crippen LogP contribution in [-0.2, 0) is 0 Å². The van der Waals surface area contributed by atoms with E-state index in [0.29, 0.717) is 28.8 Å². The van der Waals surface area contributed by atoms with Gasteiger partial charge in [-0.05, 0) is 37.4 Å². The van der Waals surface area contributed by atoms with Crippen molar-refractivity contribution in [2.24, 2.45) is 0 Å². The molecule has 1 aliphatic rings. The first kappa shape index (κ1) is 20.5. The van der Waals surface area contributed by atoms with Gasteiger partial charge < -0.3 is 19.9 Å². The van der Waals surface area contributed by atoms with Crippen molar-refractivity contribution in [1.29, 1.82) is 5.26 Å². The SMILES string of the molecule is COc1nc(Nc2cc(-c3ccc(F)c(C#N)c3)ncn2)ccc1N1CCN(C)CC1. The number of rotatable bonds is 5. The first-order valence-electron chi connectivity index (χ1n) is 9.85. The predicted octanol–water partition coefficient (Wildman–Crippen LogP) is 3.05. The third-order valence-corrected chi connectivity index (χ3v) is 5.18. The number of pyridine rings is 1. The molecule has 1 saturated heterocycles. The number of ether oxygens (including phenoxy) is 1. The van der Waals surface area contributed by atoms with Crippen molar-refractivity contribution in [3.63, 3.8) is 0 Å². The van der Waals surface area contributed by atoms with E-state index < -0.39 is 5.82 Å². The van der Waals surface area contributed by atoms with Crippen LogP contribution >= 0.6 is 0 Å². The van der Waals surface area contributed by atoms with Gasteiger partial charge in [0.15, 0.2) is 0 Å². The minimum Gasteiger partial charge on any atom is -0.479 e. The Bertz CT molecular complexity index is 1120. The number of likely N-dealkylation sites (N-methyl/N-ethyl adjacent to an activating group) is 1. The summed E-state index contributed by atoms with van der Waals surface area (Å²) in [6.45, 7) is 3.81. The molecule has 1 aromatic carbocycles. The van der Waals surface area contributed by atoms with E-state index >= 15 is 0 Å². The molecule has 0 aliphatic carbocycles. The topological polar surface area (TPSA) is 90.2 Å². The zero-order valence-electron chi connectivity index (χ0n) is 17.3. The summed E-state index contributed by atoms with van der Waals surface area (Å²) in [5.74, 6) is 1.09. The molecule has 9 heteroatoms. The number of aromatic nitrogens is 3. The lowest BCUT2D eigenvalue weighted by molar-refractivity contribution is 0.310. The highest BCUT2D eigenvalue weighted by atomic mass is 19.1. The zero-order valence-corrected chi connectivity index (χ0v) is 17.3. The van der Waals surface area contributed by atoms with Gasteiger partial charge in [-0.2, -0.15) is 10.2 Å². The molecule has 0 bridgehead atoms. The molecule has 0 radical (unpaired) electrons. The Kier molecular flexibility index (Phi) is 5.91. The summed E-state index contributed by atoms with van der Waals surface area (Å²) in [6.07, 6.45) is 1.41. The number of nitrogens with zero attached hydrogens (tertiary/aromatic N) is 6. The first-order chi connectivity index (χ1) is 15.1. The van der Waals surface area contributed by atoms with Crippen LogP contribution in [0.3, 0.4) is 0 Å². The second kappa shape index (κ2) is 8.93. The highest BCUT2D eigenvalue weighted by Gasteiger charge is 2.19. The van der Waals surface area contributed by atoms with Crippen LogP contribution in [0.25, 0.3) is 11.3 Å². The van der Waals surface area contributed by atoms with E-state index in [4.69, 9.17) is 10.00 Å². The number of benzene rings is 1. The number of nitrogens with one attached hydrogen (secondary N) is 1. The lowest BCUT2D eigenvalue weighted by Gasteiger charge is -2.34. The average Bonchev–Trinajstić information content (AvgIpc) is 2.80. The predicted molar refractivity (Wildman–Crippen MR) is 116 cm³/mol. The molecule has 31 heavy (non-hydrogen) atoms. The lowest BCUT2D eigenvalue weighted by atomic mass is 10.1. The maximum Gasteiger partial charge on any atom is 0.239 e. The van der Waals surface area contributed by atoms with Gasteiger partial charge in [-0.25, -0.2) is 14.4 Å². The standard InChI is InChI=1S/C22H22FN7O/c1-29-7-9-30(10-8-29)19-5-6-20(28-22(19)31-2)27-21-12-18(25-14-26-21)15-3-4-17(23)16(11-15)13-24/h3-6,11-12,14H,7-10H2,1-2H3,(H,25,26,27,28). The maximum absolute atomic E-state index is 13.6. The largest absolute Gasteiger partial charge is 0.479 e. The molecule has 4 rings (SSSR count). The summed E-state index contributed by atoms with van der Waals surface area (Å²) >= 11 is 0. The van der Waals surface area contributed by atoms with Crippen LogP contribution in [0, 0.1) is 17.1 Å². The third-order valence-electron chi connectivity index (χ3n) is 5.18. The van der Waals surface area contributed by atoms with Gasteiger partial charge >= 0.3 is 0 Å². The number of hydrogen-bond donors (Lipinski definition) is 1. The maximum atomic E-state index is 13.6. The van der Waals surface area contributed by atoms with Crippen molar-refractivity contribution in [3.05, 3.63) is 54.1 Å². The fourth-order valence-electron chi connectivity index (χ4n) is 3.43. The normalized spacial score (nSPS) is 14.2. The highest BCUT2D eigenvalue weighted by Crippen LogP contribution is 2.30. The number of nitriles is 1. The van der Waals surface area contributed by atoms with E-state index in [0.717, 1.165) is 31.9 Å². The third kappa shape index (κ3) is 4.54. The highest BCUT2D eigenvalue weighted by molar-refractivity contribution is 5.67. The fourth-order valence-corrected chi connectivity index (χ4v) is 3.43. The Balaban J connectivity index is 1.56. The summed E-state index contributed by atoms with van der Waals surface area (Å²) in [5, 5.41) is 12.2. The molecule has 3 heterocycles. The van der Waals surface area contributed by atoms with Crippen LogP contribution in [0.2, 0.25) is 0 Å². The fraction of sp³-hybridized carbons (Fsp3) is 0.273.